The molecule has 0 unspecified atom stereocenters. The number of hydrogen-bond donors (Lipinski definition) is 1. The first-order valence-corrected chi connectivity index (χ1v) is 6.29. The molecule has 2 rings (SSSR count). The number of non-ortho nitro benzene ring substituents is 1. The molecule has 0 saturated heterocycles. The Morgan fingerprint density at radius 2 is 2.23 bits per heavy atom. The van der Waals surface area contributed by atoms with Gasteiger partial charge in [0.15, 0.2) is 0 Å². The number of nitriles is 1. The van der Waals surface area contributed by atoms with Crippen LogP contribution < -0.4 is 5.32 Å². The lowest BCUT2D eigenvalue weighted by Gasteiger charge is -2.06. The lowest BCUT2D eigenvalue weighted by Crippen LogP contribution is -2.13. The second kappa shape index (κ2) is 6.56. The van der Waals surface area contributed by atoms with E-state index in [1.54, 1.807) is 18.2 Å². The van der Waals surface area contributed by atoms with Crippen molar-refractivity contribution >= 4 is 35.0 Å². The van der Waals surface area contributed by atoms with E-state index in [9.17, 15) is 14.9 Å². The van der Waals surface area contributed by atoms with Gasteiger partial charge in [-0.1, -0.05) is 11.6 Å². The number of nitrogens with zero attached hydrogens (tertiary/aromatic N) is 2. The molecule has 0 bridgehead atoms. The van der Waals surface area contributed by atoms with Gasteiger partial charge < -0.3 is 9.73 Å². The summed E-state index contributed by atoms with van der Waals surface area (Å²) in [4.78, 5) is 22.0. The highest BCUT2D eigenvalue weighted by atomic mass is 35.5. The molecular formula is C14H8ClN3O4. The third-order valence-electron chi connectivity index (χ3n) is 2.61. The van der Waals surface area contributed by atoms with Crippen LogP contribution in [-0.2, 0) is 4.79 Å². The van der Waals surface area contributed by atoms with E-state index in [-0.39, 0.29) is 22.0 Å². The molecule has 1 aromatic heterocycles. The van der Waals surface area contributed by atoms with Crippen LogP contribution in [0.4, 0.5) is 11.4 Å². The van der Waals surface area contributed by atoms with Crippen molar-refractivity contribution in [2.45, 2.75) is 0 Å². The van der Waals surface area contributed by atoms with Gasteiger partial charge in [-0.2, -0.15) is 5.26 Å². The molecule has 8 heteroatoms. The molecule has 0 atom stereocenters. The zero-order chi connectivity index (χ0) is 16.1. The van der Waals surface area contributed by atoms with Crippen molar-refractivity contribution in [3.05, 3.63) is 63.1 Å². The van der Waals surface area contributed by atoms with Gasteiger partial charge in [0.1, 0.15) is 17.4 Å². The maximum absolute atomic E-state index is 12.0. The Morgan fingerprint density at radius 3 is 2.77 bits per heavy atom. The van der Waals surface area contributed by atoms with E-state index in [0.717, 1.165) is 6.07 Å². The summed E-state index contributed by atoms with van der Waals surface area (Å²) >= 11 is 5.87. The van der Waals surface area contributed by atoms with E-state index in [1.807, 2.05) is 0 Å². The molecule has 1 amide bonds. The third-order valence-corrected chi connectivity index (χ3v) is 2.92. The molecule has 0 aliphatic rings. The number of nitro benzene ring substituents is 1. The summed E-state index contributed by atoms with van der Waals surface area (Å²) in [6.45, 7) is 0. The predicted octanol–water partition coefficient (Wildman–Crippen LogP) is 3.39. The first kappa shape index (κ1) is 15.3. The first-order valence-electron chi connectivity index (χ1n) is 5.92. The van der Waals surface area contributed by atoms with Crippen molar-refractivity contribution in [3.63, 3.8) is 0 Å². The quantitative estimate of drug-likeness (QED) is 0.402. The van der Waals surface area contributed by atoms with Gasteiger partial charge in [0.2, 0.25) is 0 Å². The second-order valence-electron chi connectivity index (χ2n) is 4.06. The average molecular weight is 318 g/mol. The van der Waals surface area contributed by atoms with Crippen molar-refractivity contribution in [1.82, 2.24) is 0 Å². The SMILES string of the molecule is N#C/C(=C\c1ccco1)C(=O)Nc1ccc([N+](=O)[O-])cc1Cl. The highest BCUT2D eigenvalue weighted by Crippen LogP contribution is 2.27. The monoisotopic (exact) mass is 317 g/mol. The molecule has 110 valence electrons. The van der Waals surface area contributed by atoms with E-state index >= 15 is 0 Å². The molecule has 7 nitrogen and oxygen atoms in total. The molecule has 1 heterocycles. The standard InChI is InChI=1S/C14H8ClN3O4/c15-12-7-10(18(20)21)3-4-13(12)17-14(19)9(8-16)6-11-2-1-5-22-11/h1-7H,(H,17,19)/b9-6+. The minimum atomic E-state index is -0.699. The first-order chi connectivity index (χ1) is 10.5. The molecule has 0 aliphatic carbocycles. The van der Waals surface area contributed by atoms with Gasteiger partial charge in [-0.3, -0.25) is 14.9 Å². The van der Waals surface area contributed by atoms with Gasteiger partial charge in [0.05, 0.1) is 21.9 Å². The molecule has 0 saturated carbocycles. The minimum absolute atomic E-state index is 0.00200. The number of amides is 1. The Labute approximate surface area is 129 Å². The number of furan rings is 1. The zero-order valence-corrected chi connectivity index (χ0v) is 11.7. The number of rotatable bonds is 4. The van der Waals surface area contributed by atoms with Gasteiger partial charge in [0, 0.05) is 18.2 Å². The summed E-state index contributed by atoms with van der Waals surface area (Å²) in [5.41, 5.74) is -0.225. The smallest absolute Gasteiger partial charge is 0.271 e. The van der Waals surface area contributed by atoms with E-state index < -0.39 is 10.8 Å². The Balaban J connectivity index is 2.21. The Kier molecular flexibility index (Phi) is 4.56. The Morgan fingerprint density at radius 1 is 1.45 bits per heavy atom. The van der Waals surface area contributed by atoms with Crippen molar-refractivity contribution in [3.8, 4) is 6.07 Å². The fraction of sp³-hybridized carbons (Fsp3) is 0. The van der Waals surface area contributed by atoms with Gasteiger partial charge in [-0.25, -0.2) is 0 Å². The van der Waals surface area contributed by atoms with Crippen molar-refractivity contribution < 1.29 is 14.1 Å². The number of nitrogens with one attached hydrogen (secondary N) is 1. The fourth-order valence-corrected chi connectivity index (χ4v) is 1.79. The van der Waals surface area contributed by atoms with Crippen molar-refractivity contribution in [2.24, 2.45) is 0 Å². The Bertz CT molecular complexity index is 791. The van der Waals surface area contributed by atoms with Crippen LogP contribution in [0, 0.1) is 21.4 Å². The van der Waals surface area contributed by atoms with E-state index in [0.29, 0.717) is 5.76 Å². The van der Waals surface area contributed by atoms with E-state index in [2.05, 4.69) is 5.32 Å². The Hall–Kier alpha value is -3.11. The predicted molar refractivity (Wildman–Crippen MR) is 79.0 cm³/mol. The summed E-state index contributed by atoms with van der Waals surface area (Å²) in [6.07, 6.45) is 2.68. The van der Waals surface area contributed by atoms with Crippen LogP contribution in [0.1, 0.15) is 5.76 Å². The lowest BCUT2D eigenvalue weighted by atomic mass is 10.2. The van der Waals surface area contributed by atoms with Gasteiger partial charge in [-0.15, -0.1) is 0 Å². The molecule has 0 radical (unpaired) electrons. The topological polar surface area (TPSA) is 109 Å². The summed E-state index contributed by atoms with van der Waals surface area (Å²) in [7, 11) is 0. The van der Waals surface area contributed by atoms with Crippen LogP contribution in [0.5, 0.6) is 0 Å². The summed E-state index contributed by atoms with van der Waals surface area (Å²) in [5.74, 6) is -0.351. The van der Waals surface area contributed by atoms with Crippen molar-refractivity contribution in [2.75, 3.05) is 5.32 Å². The number of hydrogen-bond acceptors (Lipinski definition) is 5. The van der Waals surface area contributed by atoms with Crippen LogP contribution in [0.2, 0.25) is 5.02 Å². The fourth-order valence-electron chi connectivity index (χ4n) is 1.57. The van der Waals surface area contributed by atoms with Crippen LogP contribution in [-0.4, -0.2) is 10.8 Å². The second-order valence-corrected chi connectivity index (χ2v) is 4.47. The van der Waals surface area contributed by atoms with E-state index in [4.69, 9.17) is 21.3 Å². The lowest BCUT2D eigenvalue weighted by molar-refractivity contribution is -0.384. The van der Waals surface area contributed by atoms with Gasteiger partial charge in [-0.05, 0) is 18.2 Å². The van der Waals surface area contributed by atoms with Crippen LogP contribution in [0.15, 0.2) is 46.6 Å². The number of carbonyl (C=O) groups excluding carboxylic acids is 1. The molecule has 0 fully saturated rings. The summed E-state index contributed by atoms with van der Waals surface area (Å²) < 4.78 is 5.02. The normalized spacial score (nSPS) is 10.8. The summed E-state index contributed by atoms with van der Waals surface area (Å²) in [5, 5.41) is 22.0. The van der Waals surface area contributed by atoms with Gasteiger partial charge >= 0.3 is 0 Å². The number of nitro groups is 1. The highest BCUT2D eigenvalue weighted by Gasteiger charge is 2.14. The third kappa shape index (κ3) is 3.50. The van der Waals surface area contributed by atoms with Crippen molar-refractivity contribution in [1.29, 1.82) is 5.26 Å². The molecule has 0 spiro atoms. The number of halogens is 1. The number of carbonyl (C=O) groups is 1. The number of anilines is 1. The molecular weight excluding hydrogens is 310 g/mol. The maximum atomic E-state index is 12.0. The van der Waals surface area contributed by atoms with E-state index in [1.165, 1.54) is 24.5 Å². The largest absolute Gasteiger partial charge is 0.465 e. The van der Waals surface area contributed by atoms with Crippen LogP contribution >= 0.6 is 11.6 Å². The highest BCUT2D eigenvalue weighted by molar-refractivity contribution is 6.34. The number of benzene rings is 1. The zero-order valence-electron chi connectivity index (χ0n) is 10.9. The molecule has 1 aromatic carbocycles. The average Bonchev–Trinajstić information content (AvgIpc) is 2.99. The minimum Gasteiger partial charge on any atom is -0.465 e. The molecule has 0 aliphatic heterocycles. The van der Waals surface area contributed by atoms with Gasteiger partial charge in [0.25, 0.3) is 11.6 Å². The maximum Gasteiger partial charge on any atom is 0.271 e. The molecule has 22 heavy (non-hydrogen) atoms. The van der Waals surface area contributed by atoms with Crippen LogP contribution in [0.3, 0.4) is 0 Å². The molecule has 1 N–H and O–H groups in total. The molecule has 2 aromatic rings. The van der Waals surface area contributed by atoms with Crippen LogP contribution in [0.25, 0.3) is 6.08 Å². The summed E-state index contributed by atoms with van der Waals surface area (Å²) in [6, 6.07) is 8.55.